The number of aliphatic hydroxyl groups excluding tert-OH is 1. The molecule has 2 fully saturated rings. The van der Waals surface area contributed by atoms with Gasteiger partial charge >= 0.3 is 0 Å². The Labute approximate surface area is 85.7 Å². The van der Waals surface area contributed by atoms with E-state index in [1.165, 1.54) is 6.42 Å². The molecule has 0 spiro atoms. The number of nitrogens with zero attached hydrogens (tertiary/aromatic N) is 1. The molecule has 3 nitrogen and oxygen atoms in total. The first-order valence-corrected chi connectivity index (χ1v) is 5.72. The normalized spacial score (nSPS) is 37.1. The average Bonchev–Trinajstić information content (AvgIpc) is 2.40. The molecule has 1 heterocycles. The number of hydrogen-bond acceptors (Lipinski definition) is 3. The number of β-amino-alcohol motifs (C(OH)–C–C–N with tert-alkyl or cyclic N) is 1. The van der Waals surface area contributed by atoms with Crippen molar-refractivity contribution in [3.05, 3.63) is 0 Å². The predicted octanol–water partition coefficient (Wildman–Crippen LogP) is 0.604. The van der Waals surface area contributed by atoms with Gasteiger partial charge in [-0.2, -0.15) is 0 Å². The molecule has 0 radical (unpaired) electrons. The quantitative estimate of drug-likeness (QED) is 0.699. The van der Waals surface area contributed by atoms with E-state index in [1.807, 2.05) is 0 Å². The van der Waals surface area contributed by atoms with Crippen LogP contribution in [0.1, 0.15) is 32.6 Å². The molecule has 1 saturated heterocycles. The van der Waals surface area contributed by atoms with Crippen molar-refractivity contribution in [1.29, 1.82) is 0 Å². The molecule has 82 valence electrons. The van der Waals surface area contributed by atoms with Crippen molar-refractivity contribution in [3.8, 4) is 0 Å². The number of aliphatic hydroxyl groups is 2. The molecule has 2 atom stereocenters. The van der Waals surface area contributed by atoms with Gasteiger partial charge in [0.15, 0.2) is 0 Å². The monoisotopic (exact) mass is 199 g/mol. The van der Waals surface area contributed by atoms with Crippen LogP contribution >= 0.6 is 0 Å². The van der Waals surface area contributed by atoms with E-state index in [4.69, 9.17) is 0 Å². The molecule has 2 unspecified atom stereocenters. The minimum atomic E-state index is -0.364. The summed E-state index contributed by atoms with van der Waals surface area (Å²) in [7, 11) is 0. The second-order valence-corrected chi connectivity index (χ2v) is 5.13. The smallest absolute Gasteiger partial charge is 0.0704 e. The van der Waals surface area contributed by atoms with E-state index in [-0.39, 0.29) is 11.7 Å². The van der Waals surface area contributed by atoms with E-state index < -0.39 is 0 Å². The van der Waals surface area contributed by atoms with Gasteiger partial charge in [-0.25, -0.2) is 0 Å². The van der Waals surface area contributed by atoms with E-state index in [2.05, 4.69) is 11.8 Å². The third-order valence-electron chi connectivity index (χ3n) is 3.83. The summed E-state index contributed by atoms with van der Waals surface area (Å²) in [5, 5.41) is 19.5. The number of rotatable bonds is 3. The fourth-order valence-electron chi connectivity index (χ4n) is 2.43. The van der Waals surface area contributed by atoms with Gasteiger partial charge in [-0.15, -0.1) is 0 Å². The SMILES string of the molecule is CC1CN(CCC2(O)CCC2)CC1O. The van der Waals surface area contributed by atoms with Crippen LogP contribution in [0, 0.1) is 5.92 Å². The molecule has 3 heteroatoms. The summed E-state index contributed by atoms with van der Waals surface area (Å²) in [6.07, 6.45) is 3.84. The fourth-order valence-corrected chi connectivity index (χ4v) is 2.43. The van der Waals surface area contributed by atoms with Gasteiger partial charge in [0.2, 0.25) is 0 Å². The van der Waals surface area contributed by atoms with Crippen LogP contribution in [-0.4, -0.2) is 46.5 Å². The fraction of sp³-hybridized carbons (Fsp3) is 1.00. The molecule has 0 bridgehead atoms. The summed E-state index contributed by atoms with van der Waals surface area (Å²) in [5.74, 6) is 0.394. The summed E-state index contributed by atoms with van der Waals surface area (Å²) in [4.78, 5) is 2.27. The molecule has 2 N–H and O–H groups in total. The highest BCUT2D eigenvalue weighted by Gasteiger charge is 2.35. The first-order valence-electron chi connectivity index (χ1n) is 5.72. The molecule has 0 aromatic rings. The minimum absolute atomic E-state index is 0.161. The molecule has 2 rings (SSSR count). The van der Waals surface area contributed by atoms with Crippen molar-refractivity contribution in [1.82, 2.24) is 4.90 Å². The summed E-state index contributed by atoms with van der Waals surface area (Å²) in [5.41, 5.74) is -0.364. The zero-order valence-corrected chi connectivity index (χ0v) is 8.95. The highest BCUT2D eigenvalue weighted by Crippen LogP contribution is 2.35. The van der Waals surface area contributed by atoms with Gasteiger partial charge in [-0.3, -0.25) is 0 Å². The Balaban J connectivity index is 1.71. The van der Waals surface area contributed by atoms with Gasteiger partial charge in [-0.1, -0.05) is 6.92 Å². The van der Waals surface area contributed by atoms with E-state index >= 15 is 0 Å². The molecule has 1 aliphatic heterocycles. The van der Waals surface area contributed by atoms with Gasteiger partial charge < -0.3 is 15.1 Å². The van der Waals surface area contributed by atoms with Crippen molar-refractivity contribution in [3.63, 3.8) is 0 Å². The van der Waals surface area contributed by atoms with Crippen LogP contribution in [0.2, 0.25) is 0 Å². The maximum atomic E-state index is 9.91. The Morgan fingerprint density at radius 1 is 1.36 bits per heavy atom. The van der Waals surface area contributed by atoms with Crippen molar-refractivity contribution >= 4 is 0 Å². The average molecular weight is 199 g/mol. The van der Waals surface area contributed by atoms with Crippen LogP contribution in [0.25, 0.3) is 0 Å². The van der Waals surface area contributed by atoms with E-state index in [0.29, 0.717) is 5.92 Å². The summed E-state index contributed by atoms with van der Waals surface area (Å²) >= 11 is 0. The molecule has 1 aliphatic carbocycles. The topological polar surface area (TPSA) is 43.7 Å². The van der Waals surface area contributed by atoms with E-state index in [9.17, 15) is 10.2 Å². The lowest BCUT2D eigenvalue weighted by molar-refractivity contribution is -0.0456. The molecule has 2 aliphatic rings. The van der Waals surface area contributed by atoms with Gasteiger partial charge in [0.05, 0.1) is 11.7 Å². The highest BCUT2D eigenvalue weighted by molar-refractivity contribution is 4.89. The first kappa shape index (κ1) is 10.4. The lowest BCUT2D eigenvalue weighted by atomic mass is 9.78. The molecule has 14 heavy (non-hydrogen) atoms. The van der Waals surface area contributed by atoms with Crippen molar-refractivity contribution in [2.24, 2.45) is 5.92 Å². The zero-order valence-electron chi connectivity index (χ0n) is 8.95. The molecule has 1 saturated carbocycles. The number of likely N-dealkylation sites (tertiary alicyclic amines) is 1. The van der Waals surface area contributed by atoms with Crippen LogP contribution in [0.5, 0.6) is 0 Å². The molecular weight excluding hydrogens is 178 g/mol. The standard InChI is InChI=1S/C11H21NO2/c1-9-7-12(8-10(9)13)6-5-11(14)3-2-4-11/h9-10,13-14H,2-8H2,1H3. The van der Waals surface area contributed by atoms with Gasteiger partial charge in [0, 0.05) is 19.6 Å². The third-order valence-corrected chi connectivity index (χ3v) is 3.83. The van der Waals surface area contributed by atoms with Crippen LogP contribution in [0.4, 0.5) is 0 Å². The Hall–Kier alpha value is -0.120. The van der Waals surface area contributed by atoms with Crippen LogP contribution in [0.15, 0.2) is 0 Å². The largest absolute Gasteiger partial charge is 0.391 e. The Morgan fingerprint density at radius 2 is 2.07 bits per heavy atom. The van der Waals surface area contributed by atoms with Gasteiger partial charge in [-0.05, 0) is 31.6 Å². The highest BCUT2D eigenvalue weighted by atomic mass is 16.3. The zero-order chi connectivity index (χ0) is 10.2. The third kappa shape index (κ3) is 2.10. The van der Waals surface area contributed by atoms with Crippen molar-refractivity contribution < 1.29 is 10.2 Å². The van der Waals surface area contributed by atoms with Crippen LogP contribution in [0.3, 0.4) is 0 Å². The van der Waals surface area contributed by atoms with Gasteiger partial charge in [0.1, 0.15) is 0 Å². The Kier molecular flexibility index (Phi) is 2.82. The molecule has 0 aromatic carbocycles. The summed E-state index contributed by atoms with van der Waals surface area (Å²) in [6.45, 7) is 4.80. The summed E-state index contributed by atoms with van der Waals surface area (Å²) < 4.78 is 0. The Morgan fingerprint density at radius 3 is 2.50 bits per heavy atom. The maximum absolute atomic E-state index is 9.91. The lowest BCUT2D eigenvalue weighted by Gasteiger charge is -2.37. The van der Waals surface area contributed by atoms with E-state index in [0.717, 1.165) is 38.9 Å². The van der Waals surface area contributed by atoms with Crippen LogP contribution < -0.4 is 0 Å². The second kappa shape index (κ2) is 3.80. The first-order chi connectivity index (χ1) is 6.59. The Bertz CT molecular complexity index is 193. The van der Waals surface area contributed by atoms with Crippen molar-refractivity contribution in [2.75, 3.05) is 19.6 Å². The predicted molar refractivity (Wildman–Crippen MR) is 55.0 cm³/mol. The molecular formula is C11H21NO2. The van der Waals surface area contributed by atoms with E-state index in [1.54, 1.807) is 0 Å². The summed E-state index contributed by atoms with van der Waals surface area (Å²) in [6, 6.07) is 0. The number of hydrogen-bond donors (Lipinski definition) is 2. The lowest BCUT2D eigenvalue weighted by Crippen LogP contribution is -2.40. The second-order valence-electron chi connectivity index (χ2n) is 5.13. The van der Waals surface area contributed by atoms with Gasteiger partial charge in [0.25, 0.3) is 0 Å². The van der Waals surface area contributed by atoms with Crippen LogP contribution in [-0.2, 0) is 0 Å². The molecule has 0 amide bonds. The minimum Gasteiger partial charge on any atom is -0.391 e. The van der Waals surface area contributed by atoms with Crippen molar-refractivity contribution in [2.45, 2.75) is 44.3 Å². The molecule has 0 aromatic heterocycles. The maximum Gasteiger partial charge on any atom is 0.0704 e.